The summed E-state index contributed by atoms with van der Waals surface area (Å²) in [6.07, 6.45) is 0. The van der Waals surface area contributed by atoms with Crippen LogP contribution in [0.25, 0.3) is 78.0 Å². The van der Waals surface area contributed by atoms with Crippen molar-refractivity contribution in [3.63, 3.8) is 0 Å². The molecule has 0 aliphatic carbocycles. The Balaban J connectivity index is 1.68. The van der Waals surface area contributed by atoms with Gasteiger partial charge in [-0.3, -0.25) is 4.57 Å². The Bertz CT molecular complexity index is 3740. The van der Waals surface area contributed by atoms with Crippen LogP contribution in [0.1, 0.15) is 0 Å². The summed E-state index contributed by atoms with van der Waals surface area (Å²) in [6, 6.07) is 0. The number of fused-ring (bicyclic) bond motifs is 7. The maximum atomic E-state index is 7.14. The van der Waals surface area contributed by atoms with Gasteiger partial charge in [-0.25, -0.2) is 4.98 Å². The van der Waals surface area contributed by atoms with E-state index in [4.69, 9.17) is 211 Å². The van der Waals surface area contributed by atoms with Crippen molar-refractivity contribution < 1.29 is 0 Å². The second kappa shape index (κ2) is 16.8. The molecule has 0 amide bonds. The van der Waals surface area contributed by atoms with Gasteiger partial charge in [-0.2, -0.15) is 9.97 Å². The van der Waals surface area contributed by atoms with Crippen molar-refractivity contribution >= 4 is 376 Å². The summed E-state index contributed by atoms with van der Waals surface area (Å²) >= 11 is 0. The lowest BCUT2D eigenvalue weighted by Crippen LogP contribution is -2.56. The van der Waals surface area contributed by atoms with E-state index >= 15 is 0 Å². The first kappa shape index (κ1) is 49.5. The van der Waals surface area contributed by atoms with Gasteiger partial charge in [0.2, 0.25) is 5.95 Å². The van der Waals surface area contributed by atoms with Gasteiger partial charge in [-0.15, -0.1) is 71.0 Å². The fraction of sp³-hybridized carbons (Fsp3) is 0. The molecule has 0 saturated carbocycles. The van der Waals surface area contributed by atoms with Gasteiger partial charge >= 0.3 is 0 Å². The van der Waals surface area contributed by atoms with Crippen molar-refractivity contribution in [3.8, 4) is 34.4 Å². The third-order valence-corrected chi connectivity index (χ3v) is 12.7. The smallest absolute Gasteiger partial charge is 0.238 e. The van der Waals surface area contributed by atoms with Crippen LogP contribution in [0.2, 0.25) is 0 Å². The number of aromatic nitrogens is 5. The van der Waals surface area contributed by atoms with Crippen molar-refractivity contribution in [3.05, 3.63) is 0 Å². The standard InChI is InChI=1S/C39B25N5/c40-7-3-1-9(42)15(48)24(57)28(61)32(1)68(36-30(63)26(59)23(56)27(60)31(36)64)34(3)35-4(8(7)41)2-10(43)16(49)25(58)29(62)33(2)69(35)39-66-37(5-11(44)17(50)21(54)18(51)12(5)45)65-38(67-39)6-13(46)19(52)22(55)20(53)14(6)47. The van der Waals surface area contributed by atoms with Gasteiger partial charge in [0.25, 0.3) is 0 Å². The SMILES string of the molecule is [B]c1c([B])c([B])c(-c2nc(-c3c([B])c([B])c([B])c([B])c3[B])nc(-n3c4c([B])c([B])c([B])c([B])c4c4c([B])c([B])c5c6c([B])c([B])c([B])c([B])c6n(-c6c([B])c([B])c([B])c([B])c6[B])c5c43)n2)c([B])c1[B]. The summed E-state index contributed by atoms with van der Waals surface area (Å²) in [6.45, 7) is 0. The van der Waals surface area contributed by atoms with Gasteiger partial charge < -0.3 is 4.57 Å². The van der Waals surface area contributed by atoms with Crippen LogP contribution in [-0.2, 0) is 0 Å². The predicted octanol–water partition coefficient (Wildman–Crippen LogP) is -20.8. The molecule has 0 aliphatic heterocycles. The van der Waals surface area contributed by atoms with Crippen LogP contribution in [0.15, 0.2) is 0 Å². The average Bonchev–Trinajstić information content (AvgIpc) is 3.86. The summed E-state index contributed by atoms with van der Waals surface area (Å²) in [4.78, 5) is 14.6. The van der Waals surface area contributed by atoms with Gasteiger partial charge in [0, 0.05) is 38.6 Å². The van der Waals surface area contributed by atoms with Crippen LogP contribution in [0.4, 0.5) is 0 Å². The lowest BCUT2D eigenvalue weighted by molar-refractivity contribution is 0.958. The molecule has 0 aliphatic rings. The minimum absolute atomic E-state index is 0.00679. The summed E-state index contributed by atoms with van der Waals surface area (Å²) in [5.74, 6) is -1.00. The number of rotatable bonds is 4. The molecule has 3 aromatic heterocycles. The Morgan fingerprint density at radius 3 is 0.783 bits per heavy atom. The van der Waals surface area contributed by atoms with E-state index in [-0.39, 0.29) is 215 Å². The number of hydrogen-bond acceptors (Lipinski definition) is 3. The zero-order chi connectivity index (χ0) is 50.8. The summed E-state index contributed by atoms with van der Waals surface area (Å²) in [5.41, 5.74) is -4.28. The monoisotopic (exact) mass is 813 g/mol. The van der Waals surface area contributed by atoms with Crippen molar-refractivity contribution in [1.29, 1.82) is 0 Å². The normalized spacial score (nSPS) is 11.8. The minimum atomic E-state index is -0.370. The predicted molar refractivity (Wildman–Crippen MR) is 314 cm³/mol. The van der Waals surface area contributed by atoms with E-state index in [1.807, 2.05) is 0 Å². The van der Waals surface area contributed by atoms with Crippen molar-refractivity contribution in [1.82, 2.24) is 24.1 Å². The number of nitrogens with zero attached hydrogens (tertiary/aromatic N) is 5. The van der Waals surface area contributed by atoms with Crippen LogP contribution < -0.4 is 137 Å². The first-order valence-corrected chi connectivity index (χ1v) is 19.9. The Morgan fingerprint density at radius 1 is 0.203 bits per heavy atom. The zero-order valence-corrected chi connectivity index (χ0v) is 36.2. The Kier molecular flexibility index (Phi) is 12.1. The van der Waals surface area contributed by atoms with Gasteiger partial charge in [-0.1, -0.05) is 65.6 Å². The molecular weight excluding hydrogens is 809 g/mol. The molecule has 6 aromatic carbocycles. The third kappa shape index (κ3) is 6.56. The molecule has 50 radical (unpaired) electrons. The van der Waals surface area contributed by atoms with Crippen LogP contribution in [0, 0.1) is 0 Å². The molecular formula is C39B25N5. The Hall–Kier alpha value is -4.45. The van der Waals surface area contributed by atoms with Crippen LogP contribution in [0.3, 0.4) is 0 Å². The highest BCUT2D eigenvalue weighted by atomic mass is 15.2. The second-order valence-corrected chi connectivity index (χ2v) is 16.3. The van der Waals surface area contributed by atoms with Crippen LogP contribution in [0.5, 0.6) is 0 Å². The summed E-state index contributed by atoms with van der Waals surface area (Å²) in [7, 11) is 166. The van der Waals surface area contributed by atoms with E-state index in [0.29, 0.717) is 0 Å². The summed E-state index contributed by atoms with van der Waals surface area (Å²) < 4.78 is 2.81. The van der Waals surface area contributed by atoms with E-state index in [2.05, 4.69) is 0 Å². The highest BCUT2D eigenvalue weighted by Crippen LogP contribution is 2.37. The largest absolute Gasteiger partial charge is 0.309 e. The third-order valence-electron chi connectivity index (χ3n) is 12.7. The molecule has 9 aromatic rings. The van der Waals surface area contributed by atoms with E-state index < -0.39 is 0 Å². The molecule has 30 heteroatoms. The molecule has 0 atom stereocenters. The first-order valence-electron chi connectivity index (χ1n) is 19.9. The van der Waals surface area contributed by atoms with Crippen molar-refractivity contribution in [2.24, 2.45) is 0 Å². The maximum Gasteiger partial charge on any atom is 0.238 e. The van der Waals surface area contributed by atoms with E-state index in [9.17, 15) is 0 Å². The molecule has 69 heavy (non-hydrogen) atoms. The number of benzene rings is 6. The summed E-state index contributed by atoms with van der Waals surface area (Å²) in [5, 5.41) is 0.307. The molecule has 0 saturated heterocycles. The lowest BCUT2D eigenvalue weighted by Gasteiger charge is -2.25. The highest BCUT2D eigenvalue weighted by Gasteiger charge is 2.31. The molecule has 5 nitrogen and oxygen atoms in total. The molecule has 0 spiro atoms. The molecule has 0 bridgehead atoms. The fourth-order valence-corrected chi connectivity index (χ4v) is 8.90. The molecule has 0 N–H and O–H groups in total. The lowest BCUT2D eigenvalue weighted by atomic mass is 9.60. The van der Waals surface area contributed by atoms with E-state index in [1.54, 1.807) is 0 Å². The van der Waals surface area contributed by atoms with Gasteiger partial charge in [0.05, 0.1) is 11.0 Å². The second-order valence-electron chi connectivity index (χ2n) is 16.3. The van der Waals surface area contributed by atoms with Crippen molar-refractivity contribution in [2.75, 3.05) is 0 Å². The van der Waals surface area contributed by atoms with Crippen molar-refractivity contribution in [2.45, 2.75) is 0 Å². The molecule has 0 unspecified atom stereocenters. The molecule has 3 heterocycles. The zero-order valence-electron chi connectivity index (χ0n) is 36.2. The van der Waals surface area contributed by atoms with E-state index in [0.717, 1.165) is 0 Å². The molecule has 0 fully saturated rings. The van der Waals surface area contributed by atoms with E-state index in [1.165, 1.54) is 9.13 Å². The van der Waals surface area contributed by atoms with Crippen LogP contribution >= 0.6 is 0 Å². The van der Waals surface area contributed by atoms with Gasteiger partial charge in [0.1, 0.15) is 196 Å². The minimum Gasteiger partial charge on any atom is -0.309 e. The fourth-order valence-electron chi connectivity index (χ4n) is 8.90. The Morgan fingerprint density at radius 2 is 0.435 bits per heavy atom. The quantitative estimate of drug-likeness (QED) is 0.166. The topological polar surface area (TPSA) is 48.5 Å². The first-order chi connectivity index (χ1) is 32.2. The number of hydrogen-bond donors (Lipinski definition) is 0. The molecule has 256 valence electrons. The van der Waals surface area contributed by atoms with Gasteiger partial charge in [-0.05, 0) is 10.8 Å². The Labute approximate surface area is 432 Å². The van der Waals surface area contributed by atoms with Crippen LogP contribution in [-0.4, -0.2) is 220 Å². The molecule has 9 rings (SSSR count). The highest BCUT2D eigenvalue weighted by molar-refractivity contribution is 6.74. The maximum absolute atomic E-state index is 7.14. The average molecular weight is 809 g/mol. The van der Waals surface area contributed by atoms with Gasteiger partial charge in [0.15, 0.2) is 11.6 Å².